The van der Waals surface area contributed by atoms with Gasteiger partial charge in [0, 0.05) is 20.1 Å². The van der Waals surface area contributed by atoms with Crippen molar-refractivity contribution < 1.29 is 0 Å². The van der Waals surface area contributed by atoms with E-state index in [9.17, 15) is 0 Å². The molecule has 1 saturated heterocycles. The molecule has 2 rings (SSSR count). The lowest BCUT2D eigenvalue weighted by molar-refractivity contribution is 0.213. The molecule has 5 heteroatoms. The summed E-state index contributed by atoms with van der Waals surface area (Å²) >= 11 is 0. The number of nitrogens with one attached hydrogen (secondary N) is 2. The summed E-state index contributed by atoms with van der Waals surface area (Å²) in [4.78, 5) is 6.73. The second-order valence-electron chi connectivity index (χ2n) is 6.38. The number of nitrogens with zero attached hydrogens (tertiary/aromatic N) is 2. The number of piperidine rings is 1. The maximum Gasteiger partial charge on any atom is 0.191 e. The average Bonchev–Trinajstić information content (AvgIpc) is 2.52. The third-order valence-corrected chi connectivity index (χ3v) is 4.45. The number of halogens is 1. The Kier molecular flexibility index (Phi) is 9.55. The lowest BCUT2D eigenvalue weighted by atomic mass is 9.94. The fourth-order valence-corrected chi connectivity index (χ4v) is 2.97. The number of likely N-dealkylation sites (tertiary alicyclic amines) is 1. The summed E-state index contributed by atoms with van der Waals surface area (Å²) in [6.45, 7) is 6.42. The smallest absolute Gasteiger partial charge is 0.191 e. The van der Waals surface area contributed by atoms with Gasteiger partial charge in [-0.05, 0) is 57.8 Å². The van der Waals surface area contributed by atoms with Gasteiger partial charge in [-0.3, -0.25) is 4.99 Å². The van der Waals surface area contributed by atoms with E-state index in [1.807, 2.05) is 7.05 Å². The normalized spacial score (nSPS) is 16.7. The Labute approximate surface area is 158 Å². The molecular weight excluding hydrogens is 399 g/mol. The number of guanidine groups is 1. The van der Waals surface area contributed by atoms with Gasteiger partial charge in [0.25, 0.3) is 0 Å². The van der Waals surface area contributed by atoms with E-state index in [1.165, 1.54) is 43.5 Å². The van der Waals surface area contributed by atoms with E-state index >= 15 is 0 Å². The van der Waals surface area contributed by atoms with Gasteiger partial charge in [0.15, 0.2) is 5.96 Å². The summed E-state index contributed by atoms with van der Waals surface area (Å²) < 4.78 is 0. The summed E-state index contributed by atoms with van der Waals surface area (Å²) in [5, 5.41) is 6.83. The highest BCUT2D eigenvalue weighted by atomic mass is 127. The first-order valence-corrected chi connectivity index (χ1v) is 8.36. The molecule has 1 aromatic carbocycles. The minimum Gasteiger partial charge on any atom is -0.356 e. The van der Waals surface area contributed by atoms with Crippen LogP contribution in [0.1, 0.15) is 30.4 Å². The Morgan fingerprint density at radius 3 is 2.65 bits per heavy atom. The molecule has 0 amide bonds. The standard InChI is InChI=1S/C18H30N4.HI/c1-15-5-4-6-17(13-15)14-21-18(19-2)20-10-7-16-8-11-22(3)12-9-16;/h4-6,13,16H,7-12,14H2,1-3H3,(H2,19,20,21);1H. The molecule has 0 unspecified atom stereocenters. The molecule has 0 aromatic heterocycles. The maximum atomic E-state index is 4.31. The van der Waals surface area contributed by atoms with Crippen molar-refractivity contribution in [3.05, 3.63) is 35.4 Å². The highest BCUT2D eigenvalue weighted by molar-refractivity contribution is 14.0. The van der Waals surface area contributed by atoms with Crippen LogP contribution in [0.2, 0.25) is 0 Å². The van der Waals surface area contributed by atoms with Crippen LogP contribution in [0.4, 0.5) is 0 Å². The average molecular weight is 430 g/mol. The SMILES string of the molecule is CN=C(NCCC1CCN(C)CC1)NCc1cccc(C)c1.I. The zero-order valence-electron chi connectivity index (χ0n) is 14.6. The largest absolute Gasteiger partial charge is 0.356 e. The first-order valence-electron chi connectivity index (χ1n) is 8.36. The Morgan fingerprint density at radius 2 is 2.00 bits per heavy atom. The van der Waals surface area contributed by atoms with Crippen LogP contribution in [0, 0.1) is 12.8 Å². The molecule has 0 atom stereocenters. The molecule has 1 heterocycles. The van der Waals surface area contributed by atoms with Gasteiger partial charge in [-0.2, -0.15) is 0 Å². The number of aryl methyl sites for hydroxylation is 1. The van der Waals surface area contributed by atoms with Crippen molar-refractivity contribution in [3.63, 3.8) is 0 Å². The van der Waals surface area contributed by atoms with E-state index in [0.717, 1.165) is 25.0 Å². The minimum absolute atomic E-state index is 0. The molecule has 2 N–H and O–H groups in total. The lowest BCUT2D eigenvalue weighted by Crippen LogP contribution is -2.38. The summed E-state index contributed by atoms with van der Waals surface area (Å²) in [6.07, 6.45) is 3.89. The maximum absolute atomic E-state index is 4.31. The van der Waals surface area contributed by atoms with Crippen molar-refractivity contribution >= 4 is 29.9 Å². The molecule has 1 aliphatic heterocycles. The van der Waals surface area contributed by atoms with E-state index < -0.39 is 0 Å². The summed E-state index contributed by atoms with van der Waals surface area (Å²) in [5.41, 5.74) is 2.59. The van der Waals surface area contributed by atoms with Gasteiger partial charge >= 0.3 is 0 Å². The molecule has 1 aromatic rings. The van der Waals surface area contributed by atoms with Crippen LogP contribution in [0.25, 0.3) is 0 Å². The quantitative estimate of drug-likeness (QED) is 0.429. The fraction of sp³-hybridized carbons (Fsp3) is 0.611. The zero-order chi connectivity index (χ0) is 15.8. The topological polar surface area (TPSA) is 39.7 Å². The zero-order valence-corrected chi connectivity index (χ0v) is 17.0. The highest BCUT2D eigenvalue weighted by Crippen LogP contribution is 2.18. The van der Waals surface area contributed by atoms with Crippen LogP contribution in [0.15, 0.2) is 29.3 Å². The van der Waals surface area contributed by atoms with Crippen molar-refractivity contribution in [2.45, 2.75) is 32.7 Å². The lowest BCUT2D eigenvalue weighted by Gasteiger charge is -2.29. The molecule has 0 aliphatic carbocycles. The van der Waals surface area contributed by atoms with Crippen LogP contribution >= 0.6 is 24.0 Å². The number of aliphatic imine (C=N–C) groups is 1. The summed E-state index contributed by atoms with van der Waals surface area (Å²) in [6, 6.07) is 8.57. The number of hydrogen-bond acceptors (Lipinski definition) is 2. The van der Waals surface area contributed by atoms with Gasteiger partial charge in [-0.25, -0.2) is 0 Å². The second kappa shape index (κ2) is 10.9. The van der Waals surface area contributed by atoms with Gasteiger partial charge in [0.2, 0.25) is 0 Å². The van der Waals surface area contributed by atoms with Crippen molar-refractivity contribution in [3.8, 4) is 0 Å². The number of rotatable bonds is 5. The van der Waals surface area contributed by atoms with E-state index in [-0.39, 0.29) is 24.0 Å². The highest BCUT2D eigenvalue weighted by Gasteiger charge is 2.16. The number of hydrogen-bond donors (Lipinski definition) is 2. The summed E-state index contributed by atoms with van der Waals surface area (Å²) in [7, 11) is 4.05. The monoisotopic (exact) mass is 430 g/mol. The predicted octanol–water partition coefficient (Wildman–Crippen LogP) is 3.01. The van der Waals surface area contributed by atoms with Gasteiger partial charge in [0.05, 0.1) is 0 Å². The molecule has 0 radical (unpaired) electrons. The van der Waals surface area contributed by atoms with Crippen molar-refractivity contribution in [2.75, 3.05) is 33.7 Å². The molecular formula is C18H31IN4. The fourth-order valence-electron chi connectivity index (χ4n) is 2.97. The molecule has 0 saturated carbocycles. The van der Waals surface area contributed by atoms with E-state index in [0.29, 0.717) is 0 Å². The first-order chi connectivity index (χ1) is 10.7. The summed E-state index contributed by atoms with van der Waals surface area (Å²) in [5.74, 6) is 1.76. The van der Waals surface area contributed by atoms with Crippen LogP contribution in [0.5, 0.6) is 0 Å². The third kappa shape index (κ3) is 7.52. The van der Waals surface area contributed by atoms with Crippen molar-refractivity contribution in [1.82, 2.24) is 15.5 Å². The first kappa shape index (κ1) is 20.2. The predicted molar refractivity (Wildman–Crippen MR) is 110 cm³/mol. The van der Waals surface area contributed by atoms with Crippen molar-refractivity contribution in [1.29, 1.82) is 0 Å². The van der Waals surface area contributed by atoms with Crippen molar-refractivity contribution in [2.24, 2.45) is 10.9 Å². The molecule has 0 spiro atoms. The van der Waals surface area contributed by atoms with Gasteiger partial charge in [-0.1, -0.05) is 29.8 Å². The molecule has 1 aliphatic rings. The second-order valence-corrected chi connectivity index (χ2v) is 6.38. The van der Waals surface area contributed by atoms with Gasteiger partial charge in [0.1, 0.15) is 0 Å². The Bertz CT molecular complexity index is 482. The molecule has 23 heavy (non-hydrogen) atoms. The van der Waals surface area contributed by atoms with Crippen LogP contribution in [-0.2, 0) is 6.54 Å². The van der Waals surface area contributed by atoms with Crippen LogP contribution < -0.4 is 10.6 Å². The Hall–Kier alpha value is -0.820. The Morgan fingerprint density at radius 1 is 1.26 bits per heavy atom. The molecule has 130 valence electrons. The Balaban J connectivity index is 0.00000264. The van der Waals surface area contributed by atoms with Crippen LogP contribution in [-0.4, -0.2) is 44.6 Å². The molecule has 0 bridgehead atoms. The third-order valence-electron chi connectivity index (χ3n) is 4.45. The van der Waals surface area contributed by atoms with E-state index in [1.54, 1.807) is 0 Å². The van der Waals surface area contributed by atoms with E-state index in [4.69, 9.17) is 0 Å². The molecule has 1 fully saturated rings. The van der Waals surface area contributed by atoms with E-state index in [2.05, 4.69) is 58.8 Å². The van der Waals surface area contributed by atoms with Crippen LogP contribution in [0.3, 0.4) is 0 Å². The number of benzene rings is 1. The minimum atomic E-state index is 0. The van der Waals surface area contributed by atoms with Gasteiger partial charge < -0.3 is 15.5 Å². The molecule has 4 nitrogen and oxygen atoms in total. The van der Waals surface area contributed by atoms with Gasteiger partial charge in [-0.15, -0.1) is 24.0 Å².